The zero-order chi connectivity index (χ0) is 21.4. The van der Waals surface area contributed by atoms with Crippen LogP contribution in [0.25, 0.3) is 27.9 Å². The van der Waals surface area contributed by atoms with Crippen molar-refractivity contribution in [3.05, 3.63) is 51.7 Å². The van der Waals surface area contributed by atoms with E-state index in [1.807, 2.05) is 12.1 Å². The highest BCUT2D eigenvalue weighted by Gasteiger charge is 2.24. The molecule has 154 valence electrons. The number of nitrogens with zero attached hydrogens (tertiary/aromatic N) is 6. The summed E-state index contributed by atoms with van der Waals surface area (Å²) in [5.41, 5.74) is 1.83. The third kappa shape index (κ3) is 3.30. The molecular weight excluding hydrogens is 432 g/mol. The Labute approximate surface area is 179 Å². The summed E-state index contributed by atoms with van der Waals surface area (Å²) in [5, 5.41) is 22.6. The smallest absolute Gasteiger partial charge is 0.327 e. The lowest BCUT2D eigenvalue weighted by Crippen LogP contribution is -2.32. The van der Waals surface area contributed by atoms with E-state index in [0.29, 0.717) is 21.9 Å². The van der Waals surface area contributed by atoms with Crippen LogP contribution in [0.4, 0.5) is 0 Å². The Hall–Kier alpha value is -3.02. The number of aliphatic carboxylic acids is 1. The first kappa shape index (κ1) is 20.3. The Morgan fingerprint density at radius 3 is 2.63 bits per heavy atom. The highest BCUT2D eigenvalue weighted by Crippen LogP contribution is 2.29. The summed E-state index contributed by atoms with van der Waals surface area (Å²) < 4.78 is 7.64. The second kappa shape index (κ2) is 8.01. The van der Waals surface area contributed by atoms with Crippen molar-refractivity contribution in [2.24, 2.45) is 0 Å². The molecule has 1 atom stereocenters. The number of benzene rings is 1. The van der Waals surface area contributed by atoms with Gasteiger partial charge in [-0.1, -0.05) is 23.7 Å². The van der Waals surface area contributed by atoms with Gasteiger partial charge in [0.25, 0.3) is 5.56 Å². The second-order valence-electron chi connectivity index (χ2n) is 6.36. The maximum atomic E-state index is 12.8. The van der Waals surface area contributed by atoms with Crippen molar-refractivity contribution >= 4 is 47.0 Å². The first-order chi connectivity index (χ1) is 14.5. The first-order valence-corrected chi connectivity index (χ1v) is 9.71. The Balaban J connectivity index is 2.00. The predicted octanol–water partition coefficient (Wildman–Crippen LogP) is 1.86. The lowest BCUT2D eigenvalue weighted by Gasteiger charge is -2.12. The van der Waals surface area contributed by atoms with Crippen LogP contribution in [0.5, 0.6) is 0 Å². The van der Waals surface area contributed by atoms with Gasteiger partial charge in [0, 0.05) is 17.9 Å². The maximum absolute atomic E-state index is 12.8. The normalized spacial score (nSPS) is 12.5. The third-order valence-corrected chi connectivity index (χ3v) is 5.14. The van der Waals surface area contributed by atoms with E-state index in [1.165, 1.54) is 4.52 Å². The largest absolute Gasteiger partial charge is 0.480 e. The number of carboxylic acids is 1. The van der Waals surface area contributed by atoms with E-state index in [9.17, 15) is 14.7 Å². The summed E-state index contributed by atoms with van der Waals surface area (Å²) in [7, 11) is 1.54. The zero-order valence-corrected chi connectivity index (χ0v) is 17.2. The maximum Gasteiger partial charge on any atom is 0.327 e. The predicted molar refractivity (Wildman–Crippen MR) is 112 cm³/mol. The summed E-state index contributed by atoms with van der Waals surface area (Å²) in [6, 6.07) is 5.94. The number of hydrogen-bond acceptors (Lipinski definition) is 8. The summed E-state index contributed by atoms with van der Waals surface area (Å²) in [5.74, 6) is -1.28. The standard InChI is InChI=1S/C18H15ClN6O4S/c1-29-6-11-13(9-2-4-10(19)5-3-9)15-22-21-14-16(25(15)23-11)20-8-24(17(14)26)12(7-30)18(27)28/h2-5,8,12,30H,6-7H2,1H3,(H,27,28). The Bertz CT molecular complexity index is 1320. The molecule has 0 aliphatic heterocycles. The van der Waals surface area contributed by atoms with Crippen molar-refractivity contribution in [1.82, 2.24) is 29.4 Å². The molecule has 1 unspecified atom stereocenters. The number of hydrogen-bond donors (Lipinski definition) is 2. The van der Waals surface area contributed by atoms with E-state index in [-0.39, 0.29) is 23.5 Å². The van der Waals surface area contributed by atoms with Crippen LogP contribution in [-0.2, 0) is 16.1 Å². The number of fused-ring (bicyclic) bond motifs is 3. The minimum Gasteiger partial charge on any atom is -0.480 e. The van der Waals surface area contributed by atoms with Crippen molar-refractivity contribution in [1.29, 1.82) is 0 Å². The minimum atomic E-state index is -1.20. The van der Waals surface area contributed by atoms with Crippen LogP contribution in [0, 0.1) is 0 Å². The van der Waals surface area contributed by atoms with Crippen LogP contribution in [-0.4, -0.2) is 53.3 Å². The van der Waals surface area contributed by atoms with E-state index < -0.39 is 17.6 Å². The topological polar surface area (TPSA) is 124 Å². The van der Waals surface area contributed by atoms with Crippen molar-refractivity contribution < 1.29 is 14.6 Å². The van der Waals surface area contributed by atoms with Gasteiger partial charge in [0.15, 0.2) is 16.8 Å². The summed E-state index contributed by atoms with van der Waals surface area (Å²) in [4.78, 5) is 28.5. The molecule has 0 bridgehead atoms. The molecule has 0 radical (unpaired) electrons. The zero-order valence-electron chi connectivity index (χ0n) is 15.6. The molecule has 0 amide bonds. The van der Waals surface area contributed by atoms with E-state index in [2.05, 4.69) is 32.9 Å². The van der Waals surface area contributed by atoms with Crippen LogP contribution in [0.3, 0.4) is 0 Å². The minimum absolute atomic E-state index is 0.0848. The van der Waals surface area contributed by atoms with Gasteiger partial charge in [0.2, 0.25) is 0 Å². The number of halogens is 1. The van der Waals surface area contributed by atoms with Gasteiger partial charge >= 0.3 is 5.97 Å². The van der Waals surface area contributed by atoms with E-state index in [1.54, 1.807) is 19.2 Å². The quantitative estimate of drug-likeness (QED) is 0.430. The van der Waals surface area contributed by atoms with Crippen LogP contribution in [0.1, 0.15) is 11.7 Å². The Morgan fingerprint density at radius 2 is 2.00 bits per heavy atom. The third-order valence-electron chi connectivity index (χ3n) is 4.54. The van der Waals surface area contributed by atoms with Crippen molar-refractivity contribution in [3.63, 3.8) is 0 Å². The molecule has 4 rings (SSSR count). The Kier molecular flexibility index (Phi) is 5.41. The molecule has 3 heterocycles. The molecule has 0 aliphatic carbocycles. The molecule has 0 aliphatic rings. The SMILES string of the molecule is COCc1nn2c(nnc3c(=O)n(C(CS)C(=O)O)cnc32)c1-c1ccc(Cl)cc1. The Morgan fingerprint density at radius 1 is 1.27 bits per heavy atom. The molecule has 10 nitrogen and oxygen atoms in total. The number of carbonyl (C=O) groups is 1. The number of rotatable bonds is 6. The molecule has 1 N–H and O–H groups in total. The number of thiol groups is 1. The molecule has 1 aromatic carbocycles. The highest BCUT2D eigenvalue weighted by atomic mass is 35.5. The van der Waals surface area contributed by atoms with Crippen LogP contribution in [0.2, 0.25) is 5.02 Å². The van der Waals surface area contributed by atoms with Gasteiger partial charge in [-0.2, -0.15) is 22.2 Å². The average Bonchev–Trinajstić information content (AvgIpc) is 3.09. The van der Waals surface area contributed by atoms with Gasteiger partial charge in [0.1, 0.15) is 12.4 Å². The van der Waals surface area contributed by atoms with Gasteiger partial charge in [-0.25, -0.2) is 9.78 Å². The lowest BCUT2D eigenvalue weighted by atomic mass is 10.1. The molecule has 0 saturated heterocycles. The molecule has 0 saturated carbocycles. The number of ether oxygens (including phenoxy) is 1. The number of aromatic nitrogens is 6. The van der Waals surface area contributed by atoms with Gasteiger partial charge in [0.05, 0.1) is 17.9 Å². The molecule has 12 heteroatoms. The lowest BCUT2D eigenvalue weighted by molar-refractivity contribution is -0.140. The molecule has 30 heavy (non-hydrogen) atoms. The molecule has 3 aromatic heterocycles. The summed E-state index contributed by atoms with van der Waals surface area (Å²) in [6.45, 7) is 0.195. The number of methoxy groups -OCH3 is 1. The highest BCUT2D eigenvalue weighted by molar-refractivity contribution is 7.80. The van der Waals surface area contributed by atoms with E-state index in [0.717, 1.165) is 16.5 Å². The van der Waals surface area contributed by atoms with Crippen molar-refractivity contribution in [3.8, 4) is 11.1 Å². The first-order valence-electron chi connectivity index (χ1n) is 8.70. The summed E-state index contributed by atoms with van der Waals surface area (Å²) in [6.07, 6.45) is 1.15. The van der Waals surface area contributed by atoms with Gasteiger partial charge in [-0.3, -0.25) is 9.36 Å². The van der Waals surface area contributed by atoms with E-state index in [4.69, 9.17) is 16.3 Å². The molecule has 4 aromatic rings. The van der Waals surface area contributed by atoms with Gasteiger partial charge < -0.3 is 9.84 Å². The van der Waals surface area contributed by atoms with Crippen LogP contribution < -0.4 is 5.56 Å². The average molecular weight is 447 g/mol. The fourth-order valence-corrected chi connectivity index (χ4v) is 3.60. The molecule has 0 spiro atoms. The van der Waals surface area contributed by atoms with Crippen molar-refractivity contribution in [2.75, 3.05) is 12.9 Å². The summed E-state index contributed by atoms with van der Waals surface area (Å²) >= 11 is 10.0. The second-order valence-corrected chi connectivity index (χ2v) is 7.16. The van der Waals surface area contributed by atoms with Crippen molar-refractivity contribution in [2.45, 2.75) is 12.6 Å². The molecular formula is C18H15ClN6O4S. The molecule has 0 fully saturated rings. The monoisotopic (exact) mass is 446 g/mol. The van der Waals surface area contributed by atoms with Gasteiger partial charge in [-0.05, 0) is 17.7 Å². The fraction of sp³-hybridized carbons (Fsp3) is 0.222. The number of carboxylic acid groups (broad SMARTS) is 1. The van der Waals surface area contributed by atoms with Crippen LogP contribution in [0.15, 0.2) is 35.4 Å². The van der Waals surface area contributed by atoms with Crippen LogP contribution >= 0.6 is 24.2 Å². The fourth-order valence-electron chi connectivity index (χ4n) is 3.14. The van der Waals surface area contributed by atoms with Gasteiger partial charge in [-0.15, -0.1) is 10.2 Å². The van der Waals surface area contributed by atoms with E-state index >= 15 is 0 Å².